The highest BCUT2D eigenvalue weighted by atomic mass is 19.1. The normalized spacial score (nSPS) is 20.5. The van der Waals surface area contributed by atoms with Gasteiger partial charge >= 0.3 is 0 Å². The Hall–Kier alpha value is -0.930. The molecule has 0 unspecified atom stereocenters. The Morgan fingerprint density at radius 2 is 2.28 bits per heavy atom. The van der Waals surface area contributed by atoms with E-state index in [1.54, 1.807) is 6.07 Å². The highest BCUT2D eigenvalue weighted by Crippen LogP contribution is 2.24. The lowest BCUT2D eigenvalue weighted by Gasteiger charge is -2.25. The van der Waals surface area contributed by atoms with Crippen molar-refractivity contribution in [2.45, 2.75) is 45.2 Å². The maximum atomic E-state index is 13.3. The molecule has 18 heavy (non-hydrogen) atoms. The molecule has 1 aliphatic rings. The van der Waals surface area contributed by atoms with Crippen LogP contribution in [0.2, 0.25) is 0 Å². The standard InChI is InChI=1S/C15H22FNO/c1-12-6-7-14(16)10-13(12)11-17-8-2-4-15(17)5-3-9-18/h6-7,10,15,18H,2-5,8-9,11H2,1H3/t15-/m1/s1. The predicted octanol–water partition coefficient (Wildman–Crippen LogP) is 2.87. The van der Waals surface area contributed by atoms with Gasteiger partial charge in [0.25, 0.3) is 0 Å². The first-order valence-corrected chi connectivity index (χ1v) is 6.80. The Kier molecular flexibility index (Phi) is 4.72. The topological polar surface area (TPSA) is 23.5 Å². The van der Waals surface area contributed by atoms with Gasteiger partial charge in [0.1, 0.15) is 5.82 Å². The zero-order valence-corrected chi connectivity index (χ0v) is 11.0. The minimum absolute atomic E-state index is 0.151. The van der Waals surface area contributed by atoms with Crippen LogP contribution in [0.1, 0.15) is 36.8 Å². The van der Waals surface area contributed by atoms with Gasteiger partial charge in [0.15, 0.2) is 0 Å². The van der Waals surface area contributed by atoms with Crippen LogP contribution in [0.3, 0.4) is 0 Å². The lowest BCUT2D eigenvalue weighted by molar-refractivity contribution is 0.209. The highest BCUT2D eigenvalue weighted by Gasteiger charge is 2.24. The molecule has 0 radical (unpaired) electrons. The Balaban J connectivity index is 2.01. The molecule has 1 fully saturated rings. The SMILES string of the molecule is Cc1ccc(F)cc1CN1CCC[C@@H]1CCCO. The number of nitrogens with zero attached hydrogens (tertiary/aromatic N) is 1. The van der Waals surface area contributed by atoms with Crippen molar-refractivity contribution in [3.8, 4) is 0 Å². The molecule has 0 bridgehead atoms. The third-order valence-corrected chi connectivity index (χ3v) is 3.88. The van der Waals surface area contributed by atoms with Gasteiger partial charge in [0, 0.05) is 19.2 Å². The van der Waals surface area contributed by atoms with Crippen molar-refractivity contribution >= 4 is 0 Å². The minimum atomic E-state index is -0.151. The van der Waals surface area contributed by atoms with E-state index in [1.165, 1.54) is 18.9 Å². The number of benzene rings is 1. The summed E-state index contributed by atoms with van der Waals surface area (Å²) in [7, 11) is 0. The fourth-order valence-electron chi connectivity index (χ4n) is 2.79. The third-order valence-electron chi connectivity index (χ3n) is 3.88. The zero-order chi connectivity index (χ0) is 13.0. The van der Waals surface area contributed by atoms with E-state index in [-0.39, 0.29) is 12.4 Å². The van der Waals surface area contributed by atoms with Gasteiger partial charge < -0.3 is 5.11 Å². The van der Waals surface area contributed by atoms with Gasteiger partial charge in [0.2, 0.25) is 0 Å². The molecular formula is C15H22FNO. The number of hydrogen-bond acceptors (Lipinski definition) is 2. The number of hydrogen-bond donors (Lipinski definition) is 1. The molecular weight excluding hydrogens is 229 g/mol. The lowest BCUT2D eigenvalue weighted by Crippen LogP contribution is -2.29. The van der Waals surface area contributed by atoms with E-state index >= 15 is 0 Å². The fourth-order valence-corrected chi connectivity index (χ4v) is 2.79. The quantitative estimate of drug-likeness (QED) is 0.870. The summed E-state index contributed by atoms with van der Waals surface area (Å²) < 4.78 is 13.3. The summed E-state index contributed by atoms with van der Waals surface area (Å²) in [5.74, 6) is -0.151. The van der Waals surface area contributed by atoms with Crippen molar-refractivity contribution < 1.29 is 9.50 Å². The summed E-state index contributed by atoms with van der Waals surface area (Å²) in [4.78, 5) is 2.43. The van der Waals surface area contributed by atoms with Crippen molar-refractivity contribution in [1.29, 1.82) is 0 Å². The maximum absolute atomic E-state index is 13.3. The number of aryl methyl sites for hydroxylation is 1. The summed E-state index contributed by atoms with van der Waals surface area (Å²) >= 11 is 0. The maximum Gasteiger partial charge on any atom is 0.123 e. The average Bonchev–Trinajstić information content (AvgIpc) is 2.79. The third kappa shape index (κ3) is 3.30. The van der Waals surface area contributed by atoms with Crippen LogP contribution >= 0.6 is 0 Å². The van der Waals surface area contributed by atoms with Gasteiger partial charge in [-0.2, -0.15) is 0 Å². The van der Waals surface area contributed by atoms with Crippen molar-refractivity contribution in [2.75, 3.05) is 13.2 Å². The van der Waals surface area contributed by atoms with Crippen LogP contribution in [0.15, 0.2) is 18.2 Å². The van der Waals surface area contributed by atoms with Gasteiger partial charge in [-0.3, -0.25) is 4.90 Å². The summed E-state index contributed by atoms with van der Waals surface area (Å²) in [6.45, 7) is 4.22. The Morgan fingerprint density at radius 3 is 3.06 bits per heavy atom. The first-order chi connectivity index (χ1) is 8.70. The van der Waals surface area contributed by atoms with Gasteiger partial charge in [-0.15, -0.1) is 0 Å². The van der Waals surface area contributed by atoms with E-state index < -0.39 is 0 Å². The molecule has 1 saturated heterocycles. The molecule has 1 N–H and O–H groups in total. The number of aliphatic hydroxyl groups is 1. The van der Waals surface area contributed by atoms with Crippen molar-refractivity contribution in [2.24, 2.45) is 0 Å². The van der Waals surface area contributed by atoms with E-state index in [2.05, 4.69) is 4.90 Å². The number of rotatable bonds is 5. The molecule has 1 aliphatic heterocycles. The molecule has 1 aromatic carbocycles. The second-order valence-corrected chi connectivity index (χ2v) is 5.20. The molecule has 0 spiro atoms. The summed E-state index contributed by atoms with van der Waals surface area (Å²) in [5.41, 5.74) is 2.25. The second-order valence-electron chi connectivity index (χ2n) is 5.20. The largest absolute Gasteiger partial charge is 0.396 e. The second kappa shape index (κ2) is 6.30. The molecule has 3 heteroatoms. The molecule has 0 aliphatic carbocycles. The van der Waals surface area contributed by atoms with Crippen LogP contribution < -0.4 is 0 Å². The van der Waals surface area contributed by atoms with Crippen LogP contribution in [0, 0.1) is 12.7 Å². The number of halogens is 1. The molecule has 1 heterocycles. The van der Waals surface area contributed by atoms with E-state index in [0.717, 1.165) is 37.1 Å². The fraction of sp³-hybridized carbons (Fsp3) is 0.600. The minimum Gasteiger partial charge on any atom is -0.396 e. The molecule has 2 rings (SSSR count). The molecule has 0 amide bonds. The van der Waals surface area contributed by atoms with Gasteiger partial charge in [-0.1, -0.05) is 6.07 Å². The van der Waals surface area contributed by atoms with E-state index in [4.69, 9.17) is 5.11 Å². The molecule has 2 nitrogen and oxygen atoms in total. The van der Waals surface area contributed by atoms with E-state index in [0.29, 0.717) is 6.04 Å². The Bertz CT molecular complexity index is 394. The van der Waals surface area contributed by atoms with Crippen LogP contribution in [-0.2, 0) is 6.54 Å². The zero-order valence-electron chi connectivity index (χ0n) is 11.0. The summed E-state index contributed by atoms with van der Waals surface area (Å²) in [6, 6.07) is 5.58. The Labute approximate surface area is 108 Å². The summed E-state index contributed by atoms with van der Waals surface area (Å²) in [5, 5.41) is 8.91. The van der Waals surface area contributed by atoms with Crippen LogP contribution in [0.4, 0.5) is 4.39 Å². The van der Waals surface area contributed by atoms with Crippen LogP contribution in [-0.4, -0.2) is 29.2 Å². The smallest absolute Gasteiger partial charge is 0.123 e. The summed E-state index contributed by atoms with van der Waals surface area (Å²) in [6.07, 6.45) is 4.33. The number of likely N-dealkylation sites (tertiary alicyclic amines) is 1. The van der Waals surface area contributed by atoms with Crippen LogP contribution in [0.5, 0.6) is 0 Å². The molecule has 0 aromatic heterocycles. The molecule has 0 saturated carbocycles. The van der Waals surface area contributed by atoms with Crippen molar-refractivity contribution in [1.82, 2.24) is 4.90 Å². The van der Waals surface area contributed by atoms with Crippen LogP contribution in [0.25, 0.3) is 0 Å². The van der Waals surface area contributed by atoms with Gasteiger partial charge in [0.05, 0.1) is 0 Å². The van der Waals surface area contributed by atoms with E-state index in [1.807, 2.05) is 13.0 Å². The van der Waals surface area contributed by atoms with Gasteiger partial charge in [-0.25, -0.2) is 4.39 Å². The lowest BCUT2D eigenvalue weighted by atomic mass is 10.1. The van der Waals surface area contributed by atoms with Gasteiger partial charge in [-0.05, 0) is 62.4 Å². The monoisotopic (exact) mass is 251 g/mol. The Morgan fingerprint density at radius 1 is 1.44 bits per heavy atom. The highest BCUT2D eigenvalue weighted by molar-refractivity contribution is 5.26. The molecule has 100 valence electrons. The first kappa shape index (κ1) is 13.5. The predicted molar refractivity (Wildman–Crippen MR) is 70.9 cm³/mol. The van der Waals surface area contributed by atoms with Crippen molar-refractivity contribution in [3.05, 3.63) is 35.1 Å². The van der Waals surface area contributed by atoms with Crippen molar-refractivity contribution in [3.63, 3.8) is 0 Å². The number of aliphatic hydroxyl groups excluding tert-OH is 1. The molecule has 1 aromatic rings. The first-order valence-electron chi connectivity index (χ1n) is 6.80. The average molecular weight is 251 g/mol. The molecule has 1 atom stereocenters. The van der Waals surface area contributed by atoms with E-state index in [9.17, 15) is 4.39 Å².